The number of hydrogen-bond donors (Lipinski definition) is 2. The van der Waals surface area contributed by atoms with Gasteiger partial charge in [-0.15, -0.1) is 0 Å². The van der Waals surface area contributed by atoms with Crippen LogP contribution in [0.25, 0.3) is 5.69 Å². The minimum absolute atomic E-state index is 0.0977. The van der Waals surface area contributed by atoms with Crippen molar-refractivity contribution in [3.05, 3.63) is 50.9 Å². The molecule has 0 aliphatic rings. The van der Waals surface area contributed by atoms with Crippen molar-refractivity contribution in [2.75, 3.05) is 6.54 Å². The molecule has 2 N–H and O–H groups in total. The normalized spacial score (nSPS) is 10.8. The van der Waals surface area contributed by atoms with Gasteiger partial charge in [-0.1, -0.05) is 24.6 Å². The summed E-state index contributed by atoms with van der Waals surface area (Å²) in [5, 5.41) is 17.8. The first kappa shape index (κ1) is 15.5. The van der Waals surface area contributed by atoms with Crippen LogP contribution in [0, 0.1) is 6.92 Å². The summed E-state index contributed by atoms with van der Waals surface area (Å²) in [7, 11) is 0. The smallest absolute Gasteiger partial charge is 0.275 e. The van der Waals surface area contributed by atoms with E-state index in [0.29, 0.717) is 22.9 Å². The number of hydrogen-bond acceptors (Lipinski definition) is 4. The molecule has 0 bridgehead atoms. The van der Waals surface area contributed by atoms with Gasteiger partial charge in [0.1, 0.15) is 11.4 Å². The minimum atomic E-state index is -0.392. The van der Waals surface area contributed by atoms with Crippen LogP contribution in [0.5, 0.6) is 5.75 Å². The second-order valence-corrected chi connectivity index (χ2v) is 5.19. The van der Waals surface area contributed by atoms with Crippen molar-refractivity contribution in [1.82, 2.24) is 15.1 Å². The van der Waals surface area contributed by atoms with E-state index in [4.69, 9.17) is 11.6 Å². The van der Waals surface area contributed by atoms with Gasteiger partial charge in [-0.3, -0.25) is 4.79 Å². The Morgan fingerprint density at radius 2 is 2.19 bits per heavy atom. The van der Waals surface area contributed by atoms with Crippen molar-refractivity contribution in [2.24, 2.45) is 0 Å². The summed E-state index contributed by atoms with van der Waals surface area (Å²) in [6.45, 7) is 5.10. The van der Waals surface area contributed by atoms with E-state index in [1.165, 1.54) is 10.7 Å². The van der Waals surface area contributed by atoms with Crippen LogP contribution in [0.4, 0.5) is 0 Å². The summed E-state index contributed by atoms with van der Waals surface area (Å²) in [5.74, 6) is -0.0977. The van der Waals surface area contributed by atoms with Gasteiger partial charge in [-0.25, -0.2) is 0 Å². The van der Waals surface area contributed by atoms with E-state index in [1.54, 1.807) is 18.2 Å². The molecule has 0 saturated carbocycles. The molecular formula is C15H18ClN3O2. The highest BCUT2D eigenvalue weighted by Crippen LogP contribution is 2.21. The van der Waals surface area contributed by atoms with E-state index in [0.717, 1.165) is 18.5 Å². The number of aromatic nitrogens is 2. The molecule has 5 nitrogen and oxygen atoms in total. The molecule has 1 aromatic carbocycles. The average Bonchev–Trinajstić information content (AvgIpc) is 2.45. The summed E-state index contributed by atoms with van der Waals surface area (Å²) >= 11 is 6.08. The predicted molar refractivity (Wildman–Crippen MR) is 83.2 cm³/mol. The summed E-state index contributed by atoms with van der Waals surface area (Å²) in [4.78, 5) is 12.1. The first-order valence-corrected chi connectivity index (χ1v) is 7.20. The van der Waals surface area contributed by atoms with Crippen LogP contribution in [0.15, 0.2) is 29.1 Å². The van der Waals surface area contributed by atoms with E-state index in [1.807, 2.05) is 6.92 Å². The van der Waals surface area contributed by atoms with Crippen molar-refractivity contribution in [2.45, 2.75) is 26.8 Å². The quantitative estimate of drug-likeness (QED) is 0.832. The number of nitrogens with zero attached hydrogens (tertiary/aromatic N) is 2. The topological polar surface area (TPSA) is 67.2 Å². The van der Waals surface area contributed by atoms with Gasteiger partial charge in [0.2, 0.25) is 0 Å². The van der Waals surface area contributed by atoms with Crippen molar-refractivity contribution in [3.63, 3.8) is 0 Å². The van der Waals surface area contributed by atoms with Crippen molar-refractivity contribution in [3.8, 4) is 11.4 Å². The highest BCUT2D eigenvalue weighted by atomic mass is 35.5. The van der Waals surface area contributed by atoms with Gasteiger partial charge in [-0.2, -0.15) is 9.78 Å². The largest absolute Gasteiger partial charge is 0.506 e. The standard InChI is InChI=1S/C15H18ClN3O2/c1-3-7-17-9-12-14(20)8-15(21)19(18-12)13-6-4-5-11(16)10(13)2/h4-6,8,17,20H,3,7,9H2,1-2H3. The Morgan fingerprint density at radius 3 is 2.90 bits per heavy atom. The summed E-state index contributed by atoms with van der Waals surface area (Å²) in [5.41, 5.74) is 1.43. The van der Waals surface area contributed by atoms with Crippen LogP contribution >= 0.6 is 11.6 Å². The Bertz CT molecular complexity index is 698. The van der Waals surface area contributed by atoms with Gasteiger partial charge in [-0.05, 0) is 37.6 Å². The van der Waals surface area contributed by atoms with Crippen LogP contribution in [-0.2, 0) is 6.54 Å². The van der Waals surface area contributed by atoms with Crippen molar-refractivity contribution in [1.29, 1.82) is 0 Å². The molecule has 6 heteroatoms. The highest BCUT2D eigenvalue weighted by molar-refractivity contribution is 6.31. The number of benzene rings is 1. The zero-order valence-electron chi connectivity index (χ0n) is 12.1. The molecular weight excluding hydrogens is 290 g/mol. The van der Waals surface area contributed by atoms with Gasteiger partial charge in [0, 0.05) is 17.6 Å². The molecule has 0 atom stereocenters. The predicted octanol–water partition coefficient (Wildman–Crippen LogP) is 2.40. The molecule has 0 radical (unpaired) electrons. The monoisotopic (exact) mass is 307 g/mol. The van der Waals surface area contributed by atoms with Crippen molar-refractivity contribution < 1.29 is 5.11 Å². The number of nitrogens with one attached hydrogen (secondary N) is 1. The SMILES string of the molecule is CCCNCc1nn(-c2cccc(Cl)c2C)c(=O)cc1O. The third-order valence-corrected chi connectivity index (χ3v) is 3.58. The van der Waals surface area contributed by atoms with Gasteiger partial charge < -0.3 is 10.4 Å². The molecule has 1 aromatic heterocycles. The number of aromatic hydroxyl groups is 1. The van der Waals surface area contributed by atoms with E-state index in [-0.39, 0.29) is 5.75 Å². The van der Waals surface area contributed by atoms with E-state index < -0.39 is 5.56 Å². The van der Waals surface area contributed by atoms with Gasteiger partial charge in [0.05, 0.1) is 5.69 Å². The Balaban J connectivity index is 2.46. The Labute approximate surface area is 128 Å². The van der Waals surface area contributed by atoms with Gasteiger partial charge in [0.25, 0.3) is 5.56 Å². The summed E-state index contributed by atoms with van der Waals surface area (Å²) < 4.78 is 1.27. The maximum atomic E-state index is 12.1. The molecule has 0 unspecified atom stereocenters. The Kier molecular flexibility index (Phi) is 4.98. The first-order chi connectivity index (χ1) is 10.0. The highest BCUT2D eigenvalue weighted by Gasteiger charge is 2.11. The van der Waals surface area contributed by atoms with Crippen LogP contribution in [-0.4, -0.2) is 21.4 Å². The lowest BCUT2D eigenvalue weighted by molar-refractivity contribution is 0.451. The first-order valence-electron chi connectivity index (χ1n) is 6.83. The maximum Gasteiger partial charge on any atom is 0.275 e. The lowest BCUT2D eigenvalue weighted by Gasteiger charge is -2.12. The van der Waals surface area contributed by atoms with E-state index in [2.05, 4.69) is 17.3 Å². The fourth-order valence-electron chi connectivity index (χ4n) is 1.99. The molecule has 0 fully saturated rings. The third kappa shape index (κ3) is 3.43. The lowest BCUT2D eigenvalue weighted by Crippen LogP contribution is -2.24. The Morgan fingerprint density at radius 1 is 1.43 bits per heavy atom. The average molecular weight is 308 g/mol. The molecule has 0 saturated heterocycles. The second-order valence-electron chi connectivity index (χ2n) is 4.79. The Hall–Kier alpha value is -1.85. The zero-order valence-corrected chi connectivity index (χ0v) is 12.8. The number of halogens is 1. The summed E-state index contributed by atoms with van der Waals surface area (Å²) in [6, 6.07) is 6.47. The van der Waals surface area contributed by atoms with Gasteiger partial charge >= 0.3 is 0 Å². The molecule has 0 amide bonds. The molecule has 0 aliphatic carbocycles. The zero-order chi connectivity index (χ0) is 15.4. The maximum absolute atomic E-state index is 12.1. The van der Waals surface area contributed by atoms with Crippen LogP contribution in [0.1, 0.15) is 24.6 Å². The minimum Gasteiger partial charge on any atom is -0.506 e. The number of rotatable bonds is 5. The lowest BCUT2D eigenvalue weighted by atomic mass is 10.2. The van der Waals surface area contributed by atoms with Crippen LogP contribution in [0.2, 0.25) is 5.02 Å². The fraction of sp³-hybridized carbons (Fsp3) is 0.333. The summed E-state index contributed by atoms with van der Waals surface area (Å²) in [6.07, 6.45) is 0.980. The fourth-order valence-corrected chi connectivity index (χ4v) is 2.16. The molecule has 112 valence electrons. The van der Waals surface area contributed by atoms with E-state index >= 15 is 0 Å². The van der Waals surface area contributed by atoms with Crippen molar-refractivity contribution >= 4 is 11.6 Å². The molecule has 2 rings (SSSR count). The molecule has 1 heterocycles. The van der Waals surface area contributed by atoms with Crippen LogP contribution in [0.3, 0.4) is 0 Å². The third-order valence-electron chi connectivity index (χ3n) is 3.17. The molecule has 0 aliphatic heterocycles. The second kappa shape index (κ2) is 6.74. The van der Waals surface area contributed by atoms with E-state index in [9.17, 15) is 9.90 Å². The molecule has 21 heavy (non-hydrogen) atoms. The van der Waals surface area contributed by atoms with Gasteiger partial charge in [0.15, 0.2) is 0 Å². The molecule has 2 aromatic rings. The van der Waals surface area contributed by atoms with Crippen LogP contribution < -0.4 is 10.9 Å². The molecule has 0 spiro atoms.